The molecule has 1 heterocycles. The molecule has 0 fully saturated rings. The molecule has 1 heteroatoms. The molecular weight excluding hydrogens is 759 g/mol. The van der Waals surface area contributed by atoms with Gasteiger partial charge < -0.3 is 4.90 Å². The van der Waals surface area contributed by atoms with E-state index in [1.54, 1.807) is 0 Å². The molecule has 1 nitrogen and oxygen atoms in total. The van der Waals surface area contributed by atoms with Gasteiger partial charge in [0.1, 0.15) is 0 Å². The molecule has 0 aromatic heterocycles. The molecule has 0 radical (unpaired) electrons. The monoisotopic (exact) mass is 799 g/mol. The Balaban J connectivity index is 1.15. The number of fused-ring (bicyclic) bond motifs is 12. The van der Waals surface area contributed by atoms with E-state index in [9.17, 15) is 0 Å². The first-order valence-electron chi connectivity index (χ1n) is 22.0. The van der Waals surface area contributed by atoms with Crippen LogP contribution in [0.5, 0.6) is 0 Å². The molecule has 63 heavy (non-hydrogen) atoms. The fourth-order valence-electron chi connectivity index (χ4n) is 11.6. The number of nitrogens with zero attached hydrogens (tertiary/aromatic N) is 1. The van der Waals surface area contributed by atoms with Crippen molar-refractivity contribution in [2.45, 2.75) is 10.8 Å². The third kappa shape index (κ3) is 4.94. The summed E-state index contributed by atoms with van der Waals surface area (Å²) in [6, 6.07) is 92.9. The standard InChI is InChI=1S/C62H41N/c1-5-19-42(20-6-1)44-33-37-59-57(39-44)61(46-23-9-3-10-24-46,47-25-11-4-12-26-47)58-40-45(43-21-7-2-8-22-43)34-38-60(58)63(59)48-35-36-52-51-29-15-18-32-55(51)62(56(52)41-48)53-30-16-13-27-49(53)50-28-14-17-31-54(50)62/h1-41H. The van der Waals surface area contributed by atoms with Gasteiger partial charge in [-0.3, -0.25) is 0 Å². The summed E-state index contributed by atoms with van der Waals surface area (Å²) in [7, 11) is 0. The highest BCUT2D eigenvalue weighted by molar-refractivity contribution is 5.98. The van der Waals surface area contributed by atoms with E-state index >= 15 is 0 Å². The van der Waals surface area contributed by atoms with Crippen LogP contribution in [0.4, 0.5) is 17.1 Å². The third-order valence-electron chi connectivity index (χ3n) is 14.1. The fraction of sp³-hybridized carbons (Fsp3) is 0.0323. The molecule has 0 unspecified atom stereocenters. The molecule has 1 spiro atoms. The van der Waals surface area contributed by atoms with Crippen LogP contribution in [0.1, 0.15) is 44.5 Å². The van der Waals surface area contributed by atoms with E-state index in [-0.39, 0.29) is 0 Å². The number of benzene rings is 10. The predicted octanol–water partition coefficient (Wildman–Crippen LogP) is 15.5. The lowest BCUT2D eigenvalue weighted by Gasteiger charge is -2.47. The van der Waals surface area contributed by atoms with Crippen molar-refractivity contribution < 1.29 is 0 Å². The Hall–Kier alpha value is -8.00. The van der Waals surface area contributed by atoms with Gasteiger partial charge in [0.15, 0.2) is 0 Å². The molecule has 0 atom stereocenters. The van der Waals surface area contributed by atoms with Crippen LogP contribution in [0.25, 0.3) is 44.5 Å². The lowest BCUT2D eigenvalue weighted by atomic mass is 9.61. The minimum Gasteiger partial charge on any atom is -0.310 e. The zero-order valence-electron chi connectivity index (χ0n) is 34.6. The van der Waals surface area contributed by atoms with Gasteiger partial charge in [-0.1, -0.05) is 212 Å². The summed E-state index contributed by atoms with van der Waals surface area (Å²) in [6.07, 6.45) is 0. The molecule has 2 aliphatic carbocycles. The summed E-state index contributed by atoms with van der Waals surface area (Å²) in [4.78, 5) is 2.56. The third-order valence-corrected chi connectivity index (χ3v) is 14.1. The van der Waals surface area contributed by atoms with Crippen LogP contribution in [-0.2, 0) is 10.8 Å². The van der Waals surface area contributed by atoms with E-state index in [2.05, 4.69) is 254 Å². The Morgan fingerprint density at radius 1 is 0.238 bits per heavy atom. The van der Waals surface area contributed by atoms with E-state index in [0.717, 1.165) is 5.69 Å². The Labute approximate surface area is 368 Å². The number of rotatable bonds is 5. The Morgan fingerprint density at radius 3 is 1.06 bits per heavy atom. The van der Waals surface area contributed by atoms with Crippen molar-refractivity contribution in [3.8, 4) is 44.5 Å². The SMILES string of the molecule is c1ccc(-c2ccc3c(c2)C(c2ccccc2)(c2ccccc2)c2cc(-c4ccccc4)ccc2N3c2ccc3c(c2)C2(c4ccccc4-c4ccccc42)c2ccccc2-3)cc1. The van der Waals surface area contributed by atoms with E-state index in [1.165, 1.54) is 100 Å². The zero-order chi connectivity index (χ0) is 41.5. The van der Waals surface area contributed by atoms with Gasteiger partial charge in [-0.15, -0.1) is 0 Å². The Bertz CT molecular complexity index is 3190. The van der Waals surface area contributed by atoms with Gasteiger partial charge in [0, 0.05) is 5.69 Å². The van der Waals surface area contributed by atoms with Gasteiger partial charge in [-0.25, -0.2) is 0 Å². The first-order valence-corrected chi connectivity index (χ1v) is 22.0. The molecule has 0 bridgehead atoms. The van der Waals surface area contributed by atoms with Gasteiger partial charge in [0.2, 0.25) is 0 Å². The van der Waals surface area contributed by atoms with Crippen LogP contribution in [-0.4, -0.2) is 0 Å². The normalized spacial score (nSPS) is 14.3. The molecule has 0 N–H and O–H groups in total. The van der Waals surface area contributed by atoms with Gasteiger partial charge in [0.05, 0.1) is 22.2 Å². The smallest absolute Gasteiger partial charge is 0.0742 e. The number of anilines is 3. The van der Waals surface area contributed by atoms with E-state index in [4.69, 9.17) is 0 Å². The Kier molecular flexibility index (Phi) is 7.80. The van der Waals surface area contributed by atoms with Crippen molar-refractivity contribution in [1.29, 1.82) is 0 Å². The lowest BCUT2D eigenvalue weighted by molar-refractivity contribution is 0.731. The summed E-state index contributed by atoms with van der Waals surface area (Å²) in [5.74, 6) is 0. The highest BCUT2D eigenvalue weighted by Gasteiger charge is 2.52. The van der Waals surface area contributed by atoms with Crippen molar-refractivity contribution in [3.63, 3.8) is 0 Å². The molecule has 13 rings (SSSR count). The minimum absolute atomic E-state index is 0.456. The van der Waals surface area contributed by atoms with E-state index in [0.29, 0.717) is 0 Å². The fourth-order valence-corrected chi connectivity index (χ4v) is 11.6. The summed E-state index contributed by atoms with van der Waals surface area (Å²) >= 11 is 0. The number of hydrogen-bond acceptors (Lipinski definition) is 1. The summed E-state index contributed by atoms with van der Waals surface area (Å²) < 4.78 is 0. The highest BCUT2D eigenvalue weighted by Crippen LogP contribution is 2.64. The van der Waals surface area contributed by atoms with Crippen molar-refractivity contribution >= 4 is 17.1 Å². The first-order chi connectivity index (χ1) is 31.3. The topological polar surface area (TPSA) is 3.24 Å². The Morgan fingerprint density at radius 2 is 0.619 bits per heavy atom. The highest BCUT2D eigenvalue weighted by atomic mass is 15.2. The van der Waals surface area contributed by atoms with Crippen LogP contribution in [0, 0.1) is 0 Å². The summed E-state index contributed by atoms with van der Waals surface area (Å²) in [5, 5.41) is 0. The first kappa shape index (κ1) is 35.7. The van der Waals surface area contributed by atoms with Crippen molar-refractivity contribution in [3.05, 3.63) is 293 Å². The zero-order valence-corrected chi connectivity index (χ0v) is 34.6. The molecule has 10 aromatic rings. The molecule has 1 aliphatic heterocycles. The van der Waals surface area contributed by atoms with Crippen LogP contribution < -0.4 is 4.90 Å². The maximum atomic E-state index is 2.56. The van der Waals surface area contributed by atoms with Crippen LogP contribution in [0.2, 0.25) is 0 Å². The van der Waals surface area contributed by atoms with Gasteiger partial charge in [-0.05, 0) is 125 Å². The average Bonchev–Trinajstić information content (AvgIpc) is 3.83. The van der Waals surface area contributed by atoms with Crippen LogP contribution in [0.3, 0.4) is 0 Å². The van der Waals surface area contributed by atoms with Crippen LogP contribution >= 0.6 is 0 Å². The maximum absolute atomic E-state index is 2.56. The molecular formula is C62H41N. The second-order valence-corrected chi connectivity index (χ2v) is 17.1. The molecule has 294 valence electrons. The van der Waals surface area contributed by atoms with E-state index in [1.807, 2.05) is 0 Å². The van der Waals surface area contributed by atoms with Crippen molar-refractivity contribution in [2.24, 2.45) is 0 Å². The quantitative estimate of drug-likeness (QED) is 0.168. The maximum Gasteiger partial charge on any atom is 0.0742 e. The van der Waals surface area contributed by atoms with Gasteiger partial charge in [-0.2, -0.15) is 0 Å². The summed E-state index contributed by atoms with van der Waals surface area (Å²) in [6.45, 7) is 0. The largest absolute Gasteiger partial charge is 0.310 e. The van der Waals surface area contributed by atoms with Gasteiger partial charge in [0.25, 0.3) is 0 Å². The predicted molar refractivity (Wildman–Crippen MR) is 260 cm³/mol. The van der Waals surface area contributed by atoms with Crippen LogP contribution in [0.15, 0.2) is 249 Å². The molecule has 0 saturated heterocycles. The minimum atomic E-state index is -0.656. The average molecular weight is 800 g/mol. The molecule has 0 amide bonds. The molecule has 10 aromatic carbocycles. The second kappa shape index (κ2) is 13.8. The second-order valence-electron chi connectivity index (χ2n) is 17.1. The number of hydrogen-bond donors (Lipinski definition) is 0. The van der Waals surface area contributed by atoms with E-state index < -0.39 is 10.8 Å². The lowest BCUT2D eigenvalue weighted by Crippen LogP contribution is -2.38. The summed E-state index contributed by atoms with van der Waals surface area (Å²) in [5.41, 5.74) is 22.7. The van der Waals surface area contributed by atoms with Gasteiger partial charge >= 0.3 is 0 Å². The molecule has 0 saturated carbocycles. The molecule has 3 aliphatic rings. The van der Waals surface area contributed by atoms with Crippen molar-refractivity contribution in [2.75, 3.05) is 4.90 Å². The van der Waals surface area contributed by atoms with Crippen molar-refractivity contribution in [1.82, 2.24) is 0 Å².